The van der Waals surface area contributed by atoms with E-state index in [-0.39, 0.29) is 18.1 Å². The summed E-state index contributed by atoms with van der Waals surface area (Å²) in [5, 5.41) is 1.16. The number of carbonyl (C=O) groups excluding carboxylic acids is 1. The molecule has 0 radical (unpaired) electrons. The minimum Gasteiger partial charge on any atom is -0.427 e. The van der Waals surface area contributed by atoms with E-state index in [9.17, 15) is 13.2 Å². The van der Waals surface area contributed by atoms with Crippen molar-refractivity contribution in [3.05, 3.63) is 41.8 Å². The van der Waals surface area contributed by atoms with E-state index in [0.29, 0.717) is 5.75 Å². The third-order valence-corrected chi connectivity index (χ3v) is 3.87. The molecule has 0 saturated carbocycles. The third kappa shape index (κ3) is 3.42. The molecule has 0 aromatic heterocycles. The maximum atomic E-state index is 11.5. The molecule has 0 amide bonds. The molecule has 0 aliphatic carbocycles. The van der Waals surface area contributed by atoms with E-state index in [2.05, 4.69) is 0 Å². The molecule has 0 bridgehead atoms. The highest BCUT2D eigenvalue weighted by Crippen LogP contribution is 2.19. The number of carbonyl (C=O) groups is 1. The monoisotopic (exact) mass is 252 g/mol. The van der Waals surface area contributed by atoms with Gasteiger partial charge in [0.25, 0.3) is 0 Å². The van der Waals surface area contributed by atoms with Crippen LogP contribution in [0, 0.1) is 5.92 Å². The van der Waals surface area contributed by atoms with Gasteiger partial charge in [-0.3, -0.25) is 4.79 Å². The van der Waals surface area contributed by atoms with Crippen molar-refractivity contribution in [2.24, 2.45) is 5.92 Å². The van der Waals surface area contributed by atoms with Gasteiger partial charge in [0.1, 0.15) is 5.75 Å². The van der Waals surface area contributed by atoms with Crippen LogP contribution in [0.1, 0.15) is 6.42 Å². The van der Waals surface area contributed by atoms with Crippen molar-refractivity contribution in [1.29, 1.82) is 0 Å². The number of esters is 1. The fourth-order valence-corrected chi connectivity index (χ4v) is 3.04. The summed E-state index contributed by atoms with van der Waals surface area (Å²) in [7, 11) is -3.10. The van der Waals surface area contributed by atoms with Gasteiger partial charge in [-0.25, -0.2) is 8.42 Å². The molecule has 1 heterocycles. The quantitative estimate of drug-likeness (QED) is 0.604. The van der Waals surface area contributed by atoms with E-state index >= 15 is 0 Å². The number of hydrogen-bond acceptors (Lipinski definition) is 4. The zero-order chi connectivity index (χ0) is 12.3. The largest absolute Gasteiger partial charge is 0.427 e. The van der Waals surface area contributed by atoms with Gasteiger partial charge in [0.05, 0.1) is 12.2 Å². The standard InChI is InChI=1S/C12H12O4S/c13-12(16-11-4-2-1-3-5-11)8-10-6-7-17(14,15)9-10/h1-7,10H,8-9H2. The van der Waals surface area contributed by atoms with Crippen molar-refractivity contribution in [2.45, 2.75) is 6.42 Å². The van der Waals surface area contributed by atoms with Crippen LogP contribution >= 0.6 is 0 Å². The molecule has 1 unspecified atom stereocenters. The molecule has 1 aliphatic heterocycles. The van der Waals surface area contributed by atoms with Crippen LogP contribution in [0.15, 0.2) is 41.8 Å². The Morgan fingerprint density at radius 3 is 2.59 bits per heavy atom. The van der Waals surface area contributed by atoms with E-state index < -0.39 is 15.8 Å². The van der Waals surface area contributed by atoms with Crippen molar-refractivity contribution in [2.75, 3.05) is 5.75 Å². The lowest BCUT2D eigenvalue weighted by molar-refractivity contribution is -0.134. The Balaban J connectivity index is 1.89. The van der Waals surface area contributed by atoms with Crippen LogP contribution in [0.5, 0.6) is 5.75 Å². The number of ether oxygens (including phenoxy) is 1. The molecule has 0 fully saturated rings. The third-order valence-electron chi connectivity index (χ3n) is 2.41. The van der Waals surface area contributed by atoms with Gasteiger partial charge in [-0.05, 0) is 12.1 Å². The highest BCUT2D eigenvalue weighted by molar-refractivity contribution is 7.94. The molecule has 0 spiro atoms. The lowest BCUT2D eigenvalue weighted by Gasteiger charge is -2.06. The molecule has 17 heavy (non-hydrogen) atoms. The Kier molecular flexibility index (Phi) is 3.28. The normalized spacial score (nSPS) is 21.3. The van der Waals surface area contributed by atoms with Crippen molar-refractivity contribution in [3.63, 3.8) is 0 Å². The second-order valence-corrected chi connectivity index (χ2v) is 5.84. The molecular weight excluding hydrogens is 240 g/mol. The molecule has 1 aliphatic rings. The molecular formula is C12H12O4S. The number of sulfone groups is 1. The number of para-hydroxylation sites is 1. The smallest absolute Gasteiger partial charge is 0.311 e. The molecule has 0 saturated heterocycles. The van der Waals surface area contributed by atoms with Crippen LogP contribution in [0.2, 0.25) is 0 Å². The van der Waals surface area contributed by atoms with Gasteiger partial charge in [-0.2, -0.15) is 0 Å². The van der Waals surface area contributed by atoms with Crippen LogP contribution in [0.25, 0.3) is 0 Å². The van der Waals surface area contributed by atoms with Crippen LogP contribution < -0.4 is 4.74 Å². The molecule has 1 aromatic rings. The molecule has 90 valence electrons. The predicted octanol–water partition coefficient (Wildman–Crippen LogP) is 1.54. The van der Waals surface area contributed by atoms with E-state index in [4.69, 9.17) is 4.74 Å². The first kappa shape index (κ1) is 11.9. The summed E-state index contributed by atoms with van der Waals surface area (Å²) in [4.78, 5) is 11.5. The number of hydrogen-bond donors (Lipinski definition) is 0. The summed E-state index contributed by atoms with van der Waals surface area (Å²) in [5.41, 5.74) is 0. The van der Waals surface area contributed by atoms with E-state index in [1.807, 2.05) is 6.07 Å². The molecule has 1 atom stereocenters. The second-order valence-electron chi connectivity index (χ2n) is 3.91. The zero-order valence-electron chi connectivity index (χ0n) is 9.07. The topological polar surface area (TPSA) is 60.4 Å². The summed E-state index contributed by atoms with van der Waals surface area (Å²) in [5.74, 6) is -0.210. The van der Waals surface area contributed by atoms with E-state index in [1.54, 1.807) is 30.3 Å². The van der Waals surface area contributed by atoms with Gasteiger partial charge >= 0.3 is 5.97 Å². The van der Waals surface area contributed by atoms with Gasteiger partial charge in [-0.1, -0.05) is 24.3 Å². The van der Waals surface area contributed by atoms with E-state index in [0.717, 1.165) is 5.41 Å². The molecule has 1 aromatic carbocycles. The summed E-state index contributed by atoms with van der Waals surface area (Å²) < 4.78 is 27.4. The summed E-state index contributed by atoms with van der Waals surface area (Å²) in [6.45, 7) is 0. The minimum atomic E-state index is -3.10. The Bertz CT molecular complexity index is 531. The van der Waals surface area contributed by atoms with Crippen LogP contribution in [-0.4, -0.2) is 20.1 Å². The average Bonchev–Trinajstić information content (AvgIpc) is 2.59. The van der Waals surface area contributed by atoms with Crippen LogP contribution in [0.4, 0.5) is 0 Å². The zero-order valence-corrected chi connectivity index (χ0v) is 9.89. The summed E-state index contributed by atoms with van der Waals surface area (Å²) in [6.07, 6.45) is 1.63. The van der Waals surface area contributed by atoms with Crippen molar-refractivity contribution >= 4 is 15.8 Å². The van der Waals surface area contributed by atoms with Crippen molar-refractivity contribution in [3.8, 4) is 5.75 Å². The minimum absolute atomic E-state index is 0.00309. The predicted molar refractivity (Wildman–Crippen MR) is 63.1 cm³/mol. The highest BCUT2D eigenvalue weighted by atomic mass is 32.2. The van der Waals surface area contributed by atoms with Gasteiger partial charge < -0.3 is 4.74 Å². The number of rotatable bonds is 3. The highest BCUT2D eigenvalue weighted by Gasteiger charge is 2.24. The average molecular weight is 252 g/mol. The van der Waals surface area contributed by atoms with Gasteiger partial charge in [0.2, 0.25) is 0 Å². The summed E-state index contributed by atoms with van der Waals surface area (Å²) in [6, 6.07) is 8.72. The molecule has 5 heteroatoms. The second kappa shape index (κ2) is 4.71. The maximum Gasteiger partial charge on any atom is 0.311 e. The Morgan fingerprint density at radius 1 is 1.29 bits per heavy atom. The van der Waals surface area contributed by atoms with E-state index in [1.165, 1.54) is 0 Å². The molecule has 0 N–H and O–H groups in total. The Hall–Kier alpha value is -1.62. The maximum absolute atomic E-state index is 11.5. The first-order valence-corrected chi connectivity index (χ1v) is 6.93. The van der Waals surface area contributed by atoms with Gasteiger partial charge in [0.15, 0.2) is 9.84 Å². The number of benzene rings is 1. The Labute approximate surface area is 99.8 Å². The van der Waals surface area contributed by atoms with Gasteiger partial charge in [-0.15, -0.1) is 0 Å². The lowest BCUT2D eigenvalue weighted by Crippen LogP contribution is -2.15. The van der Waals surface area contributed by atoms with Crippen LogP contribution in [0.3, 0.4) is 0 Å². The number of allylic oxidation sites excluding steroid dienone is 1. The molecule has 2 rings (SSSR count). The first-order valence-electron chi connectivity index (χ1n) is 5.22. The van der Waals surface area contributed by atoms with Crippen molar-refractivity contribution < 1.29 is 17.9 Å². The lowest BCUT2D eigenvalue weighted by atomic mass is 10.1. The Morgan fingerprint density at radius 2 is 2.00 bits per heavy atom. The van der Waals surface area contributed by atoms with Crippen molar-refractivity contribution in [1.82, 2.24) is 0 Å². The fraction of sp³-hybridized carbons (Fsp3) is 0.250. The van der Waals surface area contributed by atoms with Crippen LogP contribution in [-0.2, 0) is 14.6 Å². The summed E-state index contributed by atoms with van der Waals surface area (Å²) >= 11 is 0. The SMILES string of the molecule is O=C(CC1C=CS(=O)(=O)C1)Oc1ccccc1. The van der Waals surface area contributed by atoms with Gasteiger partial charge in [0, 0.05) is 11.3 Å². The fourth-order valence-electron chi connectivity index (χ4n) is 1.64. The molecule has 4 nitrogen and oxygen atoms in total. The first-order chi connectivity index (χ1) is 8.05.